The van der Waals surface area contributed by atoms with Crippen molar-refractivity contribution in [1.29, 1.82) is 0 Å². The van der Waals surface area contributed by atoms with Gasteiger partial charge in [-0.05, 0) is 48.0 Å². The van der Waals surface area contributed by atoms with Gasteiger partial charge in [0.2, 0.25) is 12.7 Å². The molecule has 0 fully saturated rings. The van der Waals surface area contributed by atoms with Gasteiger partial charge in [-0.25, -0.2) is 9.18 Å². The number of nitrogens with two attached hydrogens (primary N) is 1. The van der Waals surface area contributed by atoms with E-state index in [0.717, 1.165) is 6.07 Å². The zero-order chi connectivity index (χ0) is 26.6. The molecule has 0 radical (unpaired) electrons. The molecule has 1 aliphatic heterocycles. The summed E-state index contributed by atoms with van der Waals surface area (Å²) in [5, 5.41) is 14.9. The quantitative estimate of drug-likeness (QED) is 0.250. The maximum Gasteiger partial charge on any atom is 0.412 e. The lowest BCUT2D eigenvalue weighted by molar-refractivity contribution is -0.112. The van der Waals surface area contributed by atoms with Crippen LogP contribution in [0, 0.1) is 11.2 Å². The number of hydrogen-bond acceptors (Lipinski definition) is 7. The molecule has 3 aromatic rings. The Labute approximate surface area is 212 Å². The molecule has 9 nitrogen and oxygen atoms in total. The highest BCUT2D eigenvalue weighted by Gasteiger charge is 2.33. The molecule has 1 aliphatic rings. The Balaban J connectivity index is 1.54. The molecule has 37 heavy (non-hydrogen) atoms. The molecule has 192 valence electrons. The second-order valence-corrected chi connectivity index (χ2v) is 8.92. The summed E-state index contributed by atoms with van der Waals surface area (Å²) in [4.78, 5) is 25.4. The Kier molecular flexibility index (Phi) is 7.19. The lowest BCUT2D eigenvalue weighted by Gasteiger charge is -2.31. The third-order valence-corrected chi connectivity index (χ3v) is 5.68. The largest absolute Gasteiger partial charge is 0.505 e. The van der Waals surface area contributed by atoms with Crippen LogP contribution in [0.25, 0.3) is 0 Å². The van der Waals surface area contributed by atoms with E-state index in [0.29, 0.717) is 28.6 Å². The van der Waals surface area contributed by atoms with Crippen LogP contribution in [0.3, 0.4) is 0 Å². The first-order valence-electron chi connectivity index (χ1n) is 11.3. The van der Waals surface area contributed by atoms with E-state index < -0.39 is 35.1 Å². The number of carbonyl (C=O) groups excluding carboxylic acids is 2. The van der Waals surface area contributed by atoms with Crippen molar-refractivity contribution in [2.45, 2.75) is 20.0 Å². The zero-order valence-corrected chi connectivity index (χ0v) is 20.2. The molecule has 0 unspecified atom stereocenters. The van der Waals surface area contributed by atoms with E-state index in [1.54, 1.807) is 62.4 Å². The lowest BCUT2D eigenvalue weighted by Crippen LogP contribution is -2.28. The van der Waals surface area contributed by atoms with Crippen molar-refractivity contribution in [2.75, 3.05) is 23.2 Å². The molecule has 0 spiro atoms. The molecule has 3 aromatic carbocycles. The van der Waals surface area contributed by atoms with Crippen LogP contribution in [0.15, 0.2) is 72.8 Å². The van der Waals surface area contributed by atoms with Gasteiger partial charge in [-0.1, -0.05) is 38.1 Å². The first-order valence-corrected chi connectivity index (χ1v) is 11.3. The predicted octanol–water partition coefficient (Wildman–Crippen LogP) is 5.35. The maximum absolute atomic E-state index is 14.2. The number of amides is 2. The number of benzene rings is 3. The van der Waals surface area contributed by atoms with Gasteiger partial charge >= 0.3 is 6.09 Å². The number of ether oxygens (including phenoxy) is 3. The van der Waals surface area contributed by atoms with Gasteiger partial charge in [-0.2, -0.15) is 0 Å². The third-order valence-electron chi connectivity index (χ3n) is 5.68. The van der Waals surface area contributed by atoms with Crippen LogP contribution in [0.2, 0.25) is 0 Å². The fraction of sp³-hybridized carbons (Fsp3) is 0.185. The van der Waals surface area contributed by atoms with Crippen molar-refractivity contribution in [3.05, 3.63) is 84.2 Å². The number of hydrogen-bond donors (Lipinski definition) is 4. The Bertz CT molecular complexity index is 1360. The summed E-state index contributed by atoms with van der Waals surface area (Å²) in [6.07, 6.45) is 0.975. The maximum atomic E-state index is 14.2. The molecule has 10 heteroatoms. The zero-order valence-electron chi connectivity index (χ0n) is 20.2. The summed E-state index contributed by atoms with van der Waals surface area (Å²) in [5.41, 5.74) is 6.42. The van der Waals surface area contributed by atoms with Gasteiger partial charge in [-0.15, -0.1) is 0 Å². The molecule has 0 aromatic heterocycles. The van der Waals surface area contributed by atoms with Gasteiger partial charge in [0, 0.05) is 17.2 Å². The average molecular weight is 508 g/mol. The van der Waals surface area contributed by atoms with E-state index in [2.05, 4.69) is 10.6 Å². The Hall–Kier alpha value is -4.73. The molecule has 0 saturated carbocycles. The molecule has 5 N–H and O–H groups in total. The minimum absolute atomic E-state index is 0.0860. The third kappa shape index (κ3) is 6.10. The number of phenolic OH excluding ortho intramolecular Hbond substituents is 1. The highest BCUT2D eigenvalue weighted by atomic mass is 19.1. The van der Waals surface area contributed by atoms with Crippen molar-refractivity contribution in [1.82, 2.24) is 0 Å². The summed E-state index contributed by atoms with van der Waals surface area (Å²) in [6.45, 7) is 3.52. The predicted molar refractivity (Wildman–Crippen MR) is 136 cm³/mol. The van der Waals surface area contributed by atoms with Crippen LogP contribution in [0.1, 0.15) is 25.5 Å². The average Bonchev–Trinajstić information content (AvgIpc) is 3.32. The smallest absolute Gasteiger partial charge is 0.412 e. The van der Waals surface area contributed by atoms with Crippen LogP contribution in [-0.4, -0.2) is 23.9 Å². The number of aromatic hydroxyl groups is 1. The molecular formula is C27H26FN3O6. The Morgan fingerprint density at radius 1 is 1.08 bits per heavy atom. The normalized spacial score (nSPS) is 13.3. The minimum atomic E-state index is -1.04. The molecule has 1 heterocycles. The molecule has 0 bridgehead atoms. The number of fused-ring (bicyclic) bond motifs is 1. The fourth-order valence-corrected chi connectivity index (χ4v) is 3.73. The van der Waals surface area contributed by atoms with E-state index in [-0.39, 0.29) is 12.4 Å². The van der Waals surface area contributed by atoms with Crippen molar-refractivity contribution >= 4 is 29.1 Å². The number of phenols is 1. The highest BCUT2D eigenvalue weighted by molar-refractivity contribution is 6.01. The van der Waals surface area contributed by atoms with Crippen LogP contribution in [-0.2, 0) is 9.53 Å². The highest BCUT2D eigenvalue weighted by Crippen LogP contribution is 2.40. The van der Waals surface area contributed by atoms with Crippen molar-refractivity contribution in [2.24, 2.45) is 5.41 Å². The van der Waals surface area contributed by atoms with Gasteiger partial charge in [-0.3, -0.25) is 10.1 Å². The Morgan fingerprint density at radius 2 is 1.84 bits per heavy atom. The van der Waals surface area contributed by atoms with Crippen LogP contribution in [0.5, 0.6) is 17.2 Å². The molecular weight excluding hydrogens is 481 g/mol. The Morgan fingerprint density at radius 3 is 2.59 bits per heavy atom. The number of nitrogens with one attached hydrogen (secondary N) is 2. The minimum Gasteiger partial charge on any atom is -0.505 e. The second kappa shape index (κ2) is 10.5. The number of anilines is 3. The first kappa shape index (κ1) is 25.4. The number of carbonyl (C=O) groups is 2. The van der Waals surface area contributed by atoms with E-state index in [1.165, 1.54) is 18.2 Å². The molecule has 4 rings (SSSR count). The SMILES string of the molecule is CC(C)(/C=C/C(=O)Nc1ccccc1N)[C@H](OC(=O)Nc1ccc2c(c1)OCO2)c1ccc(O)c(F)c1. The van der Waals surface area contributed by atoms with Crippen molar-refractivity contribution in [3.63, 3.8) is 0 Å². The van der Waals surface area contributed by atoms with Crippen LogP contribution < -0.4 is 25.8 Å². The van der Waals surface area contributed by atoms with E-state index in [1.807, 2.05) is 0 Å². The van der Waals surface area contributed by atoms with Crippen LogP contribution in [0.4, 0.5) is 26.2 Å². The second-order valence-electron chi connectivity index (χ2n) is 8.92. The van der Waals surface area contributed by atoms with Crippen LogP contribution >= 0.6 is 0 Å². The van der Waals surface area contributed by atoms with Gasteiger partial charge < -0.3 is 30.4 Å². The molecule has 0 aliphatic carbocycles. The lowest BCUT2D eigenvalue weighted by atomic mass is 9.82. The standard InChI is InChI=1S/C27H26FN3O6/c1-27(2,12-11-24(33)31-20-6-4-3-5-19(20)29)25(16-7-9-21(32)18(28)13-16)37-26(34)30-17-8-10-22-23(14-17)36-15-35-22/h3-14,25,32H,15,29H2,1-2H3,(H,30,34)(H,31,33)/b12-11+/t25-/m1/s1. The summed E-state index contributed by atoms with van der Waals surface area (Å²) < 4.78 is 30.5. The topological polar surface area (TPSA) is 132 Å². The van der Waals surface area contributed by atoms with E-state index >= 15 is 0 Å². The molecule has 0 saturated heterocycles. The number of halogens is 1. The fourth-order valence-electron chi connectivity index (χ4n) is 3.73. The number of nitrogen functional groups attached to an aromatic ring is 1. The first-order chi connectivity index (χ1) is 17.6. The monoisotopic (exact) mass is 507 g/mol. The number of para-hydroxylation sites is 2. The van der Waals surface area contributed by atoms with Gasteiger partial charge in [0.1, 0.15) is 6.10 Å². The molecule has 1 atom stereocenters. The molecule has 2 amide bonds. The van der Waals surface area contributed by atoms with Crippen molar-refractivity contribution in [3.8, 4) is 17.2 Å². The van der Waals surface area contributed by atoms with Gasteiger partial charge in [0.15, 0.2) is 23.1 Å². The number of rotatable bonds is 7. The summed E-state index contributed by atoms with van der Waals surface area (Å²) in [5.74, 6) is -0.840. The summed E-state index contributed by atoms with van der Waals surface area (Å²) in [7, 11) is 0. The van der Waals surface area contributed by atoms with E-state index in [9.17, 15) is 19.1 Å². The summed E-state index contributed by atoms with van der Waals surface area (Å²) >= 11 is 0. The summed E-state index contributed by atoms with van der Waals surface area (Å²) in [6, 6.07) is 15.3. The van der Waals surface area contributed by atoms with Crippen molar-refractivity contribution < 1.29 is 33.3 Å². The van der Waals surface area contributed by atoms with Gasteiger partial charge in [0.25, 0.3) is 0 Å². The van der Waals surface area contributed by atoms with Gasteiger partial charge in [0.05, 0.1) is 11.4 Å². The van der Waals surface area contributed by atoms with E-state index in [4.69, 9.17) is 19.9 Å².